The molecule has 1 aliphatic rings. The van der Waals surface area contributed by atoms with Gasteiger partial charge in [0.25, 0.3) is 15.9 Å². The van der Waals surface area contributed by atoms with Crippen LogP contribution in [-0.4, -0.2) is 59.4 Å². The SMILES string of the molecule is CC(C)[C@H](CO)NC(=O)c1ccc(S(=O)(=O)N2CCC(c3c[nH]c4ncccc34)CC2)o1. The Morgan fingerprint density at radius 3 is 2.75 bits per heavy atom. The highest BCUT2D eigenvalue weighted by molar-refractivity contribution is 7.89. The molecule has 1 saturated heterocycles. The Morgan fingerprint density at radius 2 is 2.06 bits per heavy atom. The van der Waals surface area contributed by atoms with E-state index in [9.17, 15) is 18.3 Å². The van der Waals surface area contributed by atoms with E-state index in [0.717, 1.165) is 16.6 Å². The van der Waals surface area contributed by atoms with E-state index in [2.05, 4.69) is 15.3 Å². The Kier molecular flexibility index (Phi) is 6.36. The second-order valence-electron chi connectivity index (χ2n) is 8.45. The molecule has 1 aliphatic heterocycles. The van der Waals surface area contributed by atoms with Crippen LogP contribution in [0.4, 0.5) is 0 Å². The van der Waals surface area contributed by atoms with Gasteiger partial charge in [-0.3, -0.25) is 4.79 Å². The van der Waals surface area contributed by atoms with Crippen LogP contribution in [0.1, 0.15) is 48.7 Å². The number of aromatic nitrogens is 2. The van der Waals surface area contributed by atoms with Gasteiger partial charge in [0.2, 0.25) is 5.09 Å². The Morgan fingerprint density at radius 1 is 1.31 bits per heavy atom. The second-order valence-corrected chi connectivity index (χ2v) is 10.3. The summed E-state index contributed by atoms with van der Waals surface area (Å²) in [7, 11) is -3.84. The fourth-order valence-electron chi connectivity index (χ4n) is 4.09. The number of rotatable bonds is 7. The third-order valence-corrected chi connectivity index (χ3v) is 7.87. The number of amides is 1. The van der Waals surface area contributed by atoms with Crippen molar-refractivity contribution in [2.75, 3.05) is 19.7 Å². The molecule has 0 aliphatic carbocycles. The van der Waals surface area contributed by atoms with Crippen molar-refractivity contribution in [3.8, 4) is 0 Å². The number of hydrogen-bond acceptors (Lipinski definition) is 6. The lowest BCUT2D eigenvalue weighted by atomic mass is 9.90. The number of nitrogens with zero attached hydrogens (tertiary/aromatic N) is 2. The highest BCUT2D eigenvalue weighted by atomic mass is 32.2. The number of carbonyl (C=O) groups excluding carboxylic acids is 1. The first-order chi connectivity index (χ1) is 15.3. The molecule has 0 spiro atoms. The first kappa shape index (κ1) is 22.5. The maximum absolute atomic E-state index is 13.1. The average Bonchev–Trinajstić information content (AvgIpc) is 3.45. The molecule has 1 fully saturated rings. The molecular weight excluding hydrogens is 432 g/mol. The van der Waals surface area contributed by atoms with Crippen LogP contribution in [0.25, 0.3) is 11.0 Å². The predicted molar refractivity (Wildman–Crippen MR) is 119 cm³/mol. The number of fused-ring (bicyclic) bond motifs is 1. The van der Waals surface area contributed by atoms with Crippen molar-refractivity contribution >= 4 is 27.0 Å². The topological polar surface area (TPSA) is 129 Å². The van der Waals surface area contributed by atoms with E-state index >= 15 is 0 Å². The highest BCUT2D eigenvalue weighted by Crippen LogP contribution is 2.34. The summed E-state index contributed by atoms with van der Waals surface area (Å²) in [4.78, 5) is 19.9. The molecule has 10 heteroatoms. The minimum absolute atomic E-state index is 0.0244. The van der Waals surface area contributed by atoms with Crippen molar-refractivity contribution in [1.29, 1.82) is 0 Å². The molecule has 3 aromatic rings. The van der Waals surface area contributed by atoms with Gasteiger partial charge in [0.1, 0.15) is 5.65 Å². The van der Waals surface area contributed by atoms with Gasteiger partial charge in [0.15, 0.2) is 5.76 Å². The molecule has 3 N–H and O–H groups in total. The smallest absolute Gasteiger partial charge is 0.287 e. The molecule has 9 nitrogen and oxygen atoms in total. The number of carbonyl (C=O) groups is 1. The zero-order valence-corrected chi connectivity index (χ0v) is 18.9. The summed E-state index contributed by atoms with van der Waals surface area (Å²) in [6.07, 6.45) is 5.06. The molecule has 32 heavy (non-hydrogen) atoms. The zero-order valence-electron chi connectivity index (χ0n) is 18.1. The first-order valence-corrected chi connectivity index (χ1v) is 12.2. The van der Waals surface area contributed by atoms with Gasteiger partial charge < -0.3 is 19.8 Å². The number of pyridine rings is 1. The van der Waals surface area contributed by atoms with Crippen LogP contribution in [-0.2, 0) is 10.0 Å². The summed E-state index contributed by atoms with van der Waals surface area (Å²) >= 11 is 0. The van der Waals surface area contributed by atoms with Gasteiger partial charge in [-0.1, -0.05) is 13.8 Å². The number of aromatic amines is 1. The van der Waals surface area contributed by atoms with Crippen LogP contribution < -0.4 is 5.32 Å². The van der Waals surface area contributed by atoms with Crippen molar-refractivity contribution in [3.63, 3.8) is 0 Å². The monoisotopic (exact) mass is 460 g/mol. The molecule has 0 bridgehead atoms. The van der Waals surface area contributed by atoms with Gasteiger partial charge in [0.05, 0.1) is 12.6 Å². The average molecular weight is 461 g/mol. The normalized spacial score (nSPS) is 17.1. The lowest BCUT2D eigenvalue weighted by molar-refractivity contribution is 0.0863. The molecular formula is C22H28N4O5S. The number of hydrogen-bond donors (Lipinski definition) is 3. The Balaban J connectivity index is 1.43. The Labute approximate surface area is 186 Å². The summed E-state index contributed by atoms with van der Waals surface area (Å²) in [5.74, 6) is -0.380. The Hall–Kier alpha value is -2.69. The van der Waals surface area contributed by atoms with Crippen molar-refractivity contribution in [2.24, 2.45) is 5.92 Å². The van der Waals surface area contributed by atoms with Gasteiger partial charge in [-0.25, -0.2) is 13.4 Å². The summed E-state index contributed by atoms with van der Waals surface area (Å²) in [5, 5.41) is 12.9. The van der Waals surface area contributed by atoms with Crippen molar-refractivity contribution in [1.82, 2.24) is 19.6 Å². The standard InChI is InChI=1S/C22H28N4O5S/c1-14(2)18(13-27)25-22(28)19-5-6-20(31-19)32(29,30)26-10-7-15(8-11-26)17-12-24-21-16(17)4-3-9-23-21/h3-6,9,12,14-15,18,27H,7-8,10-11,13H2,1-2H3,(H,23,24)(H,25,28)/t18-/m0/s1. The molecule has 172 valence electrons. The van der Waals surface area contributed by atoms with E-state index in [0.29, 0.717) is 25.9 Å². The van der Waals surface area contributed by atoms with E-state index in [1.807, 2.05) is 32.2 Å². The molecule has 0 aromatic carbocycles. The largest absolute Gasteiger partial charge is 0.438 e. The number of H-pyrrole nitrogens is 1. The van der Waals surface area contributed by atoms with Crippen LogP contribution in [0.2, 0.25) is 0 Å². The third kappa shape index (κ3) is 4.30. The zero-order chi connectivity index (χ0) is 22.9. The van der Waals surface area contributed by atoms with E-state index in [-0.39, 0.29) is 29.3 Å². The van der Waals surface area contributed by atoms with Crippen LogP contribution in [0, 0.1) is 5.92 Å². The fourth-order valence-corrected chi connectivity index (χ4v) is 5.47. The number of furan rings is 1. The molecule has 0 unspecified atom stereocenters. The fraction of sp³-hybridized carbons (Fsp3) is 0.455. The molecule has 4 heterocycles. The number of piperidine rings is 1. The van der Waals surface area contributed by atoms with Crippen molar-refractivity contribution < 1.29 is 22.7 Å². The van der Waals surface area contributed by atoms with Crippen LogP contribution in [0.15, 0.2) is 46.2 Å². The number of sulfonamides is 1. The number of nitrogens with one attached hydrogen (secondary N) is 2. The molecule has 3 aromatic heterocycles. The van der Waals surface area contributed by atoms with Gasteiger partial charge in [-0.05, 0) is 54.5 Å². The quantitative estimate of drug-likeness (QED) is 0.497. The summed E-state index contributed by atoms with van der Waals surface area (Å²) < 4.78 is 32.9. The van der Waals surface area contributed by atoms with E-state index in [1.54, 1.807) is 6.20 Å². The van der Waals surface area contributed by atoms with E-state index in [4.69, 9.17) is 4.42 Å². The first-order valence-electron chi connectivity index (χ1n) is 10.7. The van der Waals surface area contributed by atoms with E-state index < -0.39 is 22.0 Å². The lowest BCUT2D eigenvalue weighted by Gasteiger charge is -2.30. The van der Waals surface area contributed by atoms with Crippen LogP contribution >= 0.6 is 0 Å². The second kappa shape index (κ2) is 9.05. The minimum atomic E-state index is -3.84. The molecule has 1 amide bonds. The molecule has 0 saturated carbocycles. The minimum Gasteiger partial charge on any atom is -0.438 e. The summed E-state index contributed by atoms with van der Waals surface area (Å²) in [6, 6.07) is 6.14. The van der Waals surface area contributed by atoms with Gasteiger partial charge in [-0.2, -0.15) is 4.31 Å². The van der Waals surface area contributed by atoms with Gasteiger partial charge >= 0.3 is 0 Å². The summed E-state index contributed by atoms with van der Waals surface area (Å²) in [5.41, 5.74) is 1.99. The Bertz CT molecular complexity index is 1190. The number of aliphatic hydroxyl groups is 1. The van der Waals surface area contributed by atoms with Crippen LogP contribution in [0.3, 0.4) is 0 Å². The molecule has 0 radical (unpaired) electrons. The lowest BCUT2D eigenvalue weighted by Crippen LogP contribution is -2.41. The number of aliphatic hydroxyl groups excluding tert-OH is 1. The third-order valence-electron chi connectivity index (χ3n) is 6.09. The van der Waals surface area contributed by atoms with Gasteiger partial charge in [0, 0.05) is 30.9 Å². The maximum atomic E-state index is 13.1. The van der Waals surface area contributed by atoms with Gasteiger partial charge in [-0.15, -0.1) is 0 Å². The van der Waals surface area contributed by atoms with Crippen molar-refractivity contribution in [2.45, 2.75) is 43.7 Å². The predicted octanol–water partition coefficient (Wildman–Crippen LogP) is 2.47. The maximum Gasteiger partial charge on any atom is 0.287 e. The van der Waals surface area contributed by atoms with Crippen LogP contribution in [0.5, 0.6) is 0 Å². The molecule has 4 rings (SSSR count). The highest BCUT2D eigenvalue weighted by Gasteiger charge is 2.33. The van der Waals surface area contributed by atoms with E-state index in [1.165, 1.54) is 16.4 Å². The van der Waals surface area contributed by atoms with Crippen molar-refractivity contribution in [3.05, 3.63) is 48.0 Å². The summed E-state index contributed by atoms with van der Waals surface area (Å²) in [6.45, 7) is 4.26. The molecule has 1 atom stereocenters.